The van der Waals surface area contributed by atoms with Crippen molar-refractivity contribution < 1.29 is 22.8 Å². The van der Waals surface area contributed by atoms with Crippen LogP contribution in [0.2, 0.25) is 0 Å². The van der Waals surface area contributed by atoms with Gasteiger partial charge in [-0.2, -0.15) is 0 Å². The fourth-order valence-electron chi connectivity index (χ4n) is 3.82. The highest BCUT2D eigenvalue weighted by Gasteiger charge is 2.41. The van der Waals surface area contributed by atoms with Crippen LogP contribution in [0.1, 0.15) is 55.6 Å². The second-order valence-corrected chi connectivity index (χ2v) is 11.3. The highest BCUT2D eigenvalue weighted by molar-refractivity contribution is 7.90. The van der Waals surface area contributed by atoms with Gasteiger partial charge in [-0.15, -0.1) is 0 Å². The molecular formula is C25H31N3O5S. The number of rotatable bonds is 7. The van der Waals surface area contributed by atoms with E-state index in [1.165, 1.54) is 17.0 Å². The summed E-state index contributed by atoms with van der Waals surface area (Å²) >= 11 is 0. The molecule has 3 rings (SSSR count). The largest absolute Gasteiger partial charge is 0.350 e. The second kappa shape index (κ2) is 9.58. The van der Waals surface area contributed by atoms with E-state index in [2.05, 4.69) is 5.32 Å². The maximum absolute atomic E-state index is 13.3. The summed E-state index contributed by atoms with van der Waals surface area (Å²) in [6.07, 6.45) is -0.238. The van der Waals surface area contributed by atoms with Crippen LogP contribution < -0.4 is 5.32 Å². The molecule has 0 saturated carbocycles. The third-order valence-corrected chi connectivity index (χ3v) is 7.55. The number of sulfonamides is 1. The Morgan fingerprint density at radius 3 is 2.29 bits per heavy atom. The van der Waals surface area contributed by atoms with Crippen molar-refractivity contribution in [3.05, 3.63) is 65.2 Å². The predicted molar refractivity (Wildman–Crippen MR) is 128 cm³/mol. The van der Waals surface area contributed by atoms with Crippen LogP contribution in [0.5, 0.6) is 0 Å². The molecule has 0 unspecified atom stereocenters. The third kappa shape index (κ3) is 5.30. The average Bonchev–Trinajstić information content (AvgIpc) is 2.95. The SMILES string of the molecule is Cc1ccccc1CN(C(=O)CCN1C(=O)c2ccccc2S1(=O)=O)[C@H](C)C(=O)NC(C)(C)C. The molecule has 1 aliphatic rings. The van der Waals surface area contributed by atoms with Gasteiger partial charge in [0.1, 0.15) is 10.9 Å². The number of benzene rings is 2. The number of fused-ring (bicyclic) bond motifs is 1. The van der Waals surface area contributed by atoms with Crippen LogP contribution in [0.4, 0.5) is 0 Å². The quantitative estimate of drug-likeness (QED) is 0.650. The summed E-state index contributed by atoms with van der Waals surface area (Å²) in [6, 6.07) is 12.8. The van der Waals surface area contributed by atoms with Gasteiger partial charge in [0, 0.05) is 25.0 Å². The molecule has 0 aliphatic carbocycles. The number of carbonyl (C=O) groups excluding carboxylic acids is 3. The van der Waals surface area contributed by atoms with Crippen LogP contribution in [0.25, 0.3) is 0 Å². The summed E-state index contributed by atoms with van der Waals surface area (Å²) in [5, 5.41) is 2.89. The molecule has 8 nitrogen and oxygen atoms in total. The Morgan fingerprint density at radius 1 is 1.06 bits per heavy atom. The van der Waals surface area contributed by atoms with E-state index in [0.29, 0.717) is 0 Å². The fourth-order valence-corrected chi connectivity index (χ4v) is 5.39. The van der Waals surface area contributed by atoms with Crippen molar-refractivity contribution in [1.82, 2.24) is 14.5 Å². The fraction of sp³-hybridized carbons (Fsp3) is 0.400. The molecule has 9 heteroatoms. The highest BCUT2D eigenvalue weighted by atomic mass is 32.2. The standard InChI is InChI=1S/C25H31N3O5S/c1-17-10-6-7-11-19(17)16-27(18(2)23(30)26-25(3,4)5)22(29)14-15-28-24(31)20-12-8-9-13-21(20)34(28,32)33/h6-13,18H,14-16H2,1-5H3,(H,26,30)/t18-/m1/s1. The highest BCUT2D eigenvalue weighted by Crippen LogP contribution is 2.30. The molecule has 1 aliphatic heterocycles. The van der Waals surface area contributed by atoms with E-state index >= 15 is 0 Å². The van der Waals surface area contributed by atoms with Gasteiger partial charge < -0.3 is 10.2 Å². The number of hydrogen-bond acceptors (Lipinski definition) is 5. The first kappa shape index (κ1) is 25.4. The first-order valence-electron chi connectivity index (χ1n) is 11.1. The molecule has 2 aromatic rings. The van der Waals surface area contributed by atoms with Crippen LogP contribution >= 0.6 is 0 Å². The topological polar surface area (TPSA) is 104 Å². The molecule has 3 amide bonds. The number of carbonyl (C=O) groups is 3. The van der Waals surface area contributed by atoms with Crippen molar-refractivity contribution >= 4 is 27.7 Å². The molecule has 34 heavy (non-hydrogen) atoms. The number of amides is 3. The van der Waals surface area contributed by atoms with Gasteiger partial charge in [0.15, 0.2) is 0 Å². The number of hydrogen-bond donors (Lipinski definition) is 1. The van der Waals surface area contributed by atoms with Crippen molar-refractivity contribution in [2.24, 2.45) is 0 Å². The van der Waals surface area contributed by atoms with E-state index in [4.69, 9.17) is 0 Å². The molecule has 182 valence electrons. The Kier molecular flexibility index (Phi) is 7.16. The second-order valence-electron chi connectivity index (χ2n) is 9.49. The molecule has 0 saturated heterocycles. The Morgan fingerprint density at radius 2 is 1.68 bits per heavy atom. The zero-order valence-electron chi connectivity index (χ0n) is 20.2. The Hall–Kier alpha value is -3.20. The third-order valence-electron chi connectivity index (χ3n) is 5.71. The van der Waals surface area contributed by atoms with Crippen molar-refractivity contribution in [2.45, 2.75) is 64.1 Å². The monoisotopic (exact) mass is 485 g/mol. The minimum absolute atomic E-state index is 0.0536. The van der Waals surface area contributed by atoms with Crippen LogP contribution in [0.3, 0.4) is 0 Å². The summed E-state index contributed by atoms with van der Waals surface area (Å²) in [4.78, 5) is 40.3. The van der Waals surface area contributed by atoms with Gasteiger partial charge in [0.25, 0.3) is 15.9 Å². The van der Waals surface area contributed by atoms with Gasteiger partial charge in [0.05, 0.1) is 5.56 Å². The van der Waals surface area contributed by atoms with Crippen LogP contribution in [0.15, 0.2) is 53.4 Å². The molecule has 0 radical (unpaired) electrons. The molecule has 1 heterocycles. The number of nitrogens with one attached hydrogen (secondary N) is 1. The summed E-state index contributed by atoms with van der Waals surface area (Å²) in [5.41, 5.74) is 1.47. The maximum atomic E-state index is 13.3. The van der Waals surface area contributed by atoms with E-state index in [-0.39, 0.29) is 35.9 Å². The molecule has 0 bridgehead atoms. The van der Waals surface area contributed by atoms with E-state index in [1.54, 1.807) is 19.1 Å². The first-order chi connectivity index (χ1) is 15.8. The minimum Gasteiger partial charge on any atom is -0.350 e. The average molecular weight is 486 g/mol. The minimum atomic E-state index is -4.01. The van der Waals surface area contributed by atoms with Crippen molar-refractivity contribution in [3.8, 4) is 0 Å². The zero-order valence-corrected chi connectivity index (χ0v) is 21.0. The van der Waals surface area contributed by atoms with Crippen molar-refractivity contribution in [3.63, 3.8) is 0 Å². The molecule has 2 aromatic carbocycles. The van der Waals surface area contributed by atoms with E-state index < -0.39 is 33.4 Å². The van der Waals surface area contributed by atoms with Gasteiger partial charge in [-0.1, -0.05) is 36.4 Å². The molecule has 0 fully saturated rings. The van der Waals surface area contributed by atoms with Gasteiger partial charge in [0.2, 0.25) is 11.8 Å². The van der Waals surface area contributed by atoms with Crippen LogP contribution in [-0.2, 0) is 26.2 Å². The van der Waals surface area contributed by atoms with Gasteiger partial charge in [-0.05, 0) is 57.9 Å². The van der Waals surface area contributed by atoms with Gasteiger partial charge in [-0.3, -0.25) is 14.4 Å². The van der Waals surface area contributed by atoms with E-state index in [9.17, 15) is 22.8 Å². The Bertz CT molecular complexity index is 1220. The summed E-state index contributed by atoms with van der Waals surface area (Å²) < 4.78 is 26.4. The lowest BCUT2D eigenvalue weighted by Gasteiger charge is -2.32. The smallest absolute Gasteiger partial charge is 0.269 e. The van der Waals surface area contributed by atoms with Gasteiger partial charge >= 0.3 is 0 Å². The van der Waals surface area contributed by atoms with Crippen molar-refractivity contribution in [1.29, 1.82) is 0 Å². The Balaban J connectivity index is 1.82. The summed E-state index contributed by atoms with van der Waals surface area (Å²) in [5.74, 6) is -1.38. The Labute approximate surface area is 201 Å². The lowest BCUT2D eigenvalue weighted by atomic mass is 10.1. The summed E-state index contributed by atoms with van der Waals surface area (Å²) in [7, 11) is -4.01. The molecule has 0 spiro atoms. The van der Waals surface area contributed by atoms with E-state index in [1.807, 2.05) is 52.0 Å². The molecule has 1 N–H and O–H groups in total. The lowest BCUT2D eigenvalue weighted by Crippen LogP contribution is -2.52. The maximum Gasteiger partial charge on any atom is 0.269 e. The lowest BCUT2D eigenvalue weighted by molar-refractivity contribution is -0.141. The van der Waals surface area contributed by atoms with E-state index in [0.717, 1.165) is 15.4 Å². The summed E-state index contributed by atoms with van der Waals surface area (Å²) in [6.45, 7) is 9.01. The normalized spacial score (nSPS) is 15.6. The van der Waals surface area contributed by atoms with Crippen molar-refractivity contribution in [2.75, 3.05) is 6.54 Å². The van der Waals surface area contributed by atoms with Gasteiger partial charge in [-0.25, -0.2) is 12.7 Å². The van der Waals surface area contributed by atoms with Crippen LogP contribution in [0, 0.1) is 6.92 Å². The molecular weight excluding hydrogens is 454 g/mol. The molecule has 1 atom stereocenters. The molecule has 0 aromatic heterocycles. The number of nitrogens with zero attached hydrogens (tertiary/aromatic N) is 2. The number of aryl methyl sites for hydroxylation is 1. The predicted octanol–water partition coefficient (Wildman–Crippen LogP) is 2.86. The zero-order chi connectivity index (χ0) is 25.3. The first-order valence-corrected chi connectivity index (χ1v) is 12.6. The van der Waals surface area contributed by atoms with Crippen LogP contribution in [-0.4, -0.2) is 53.5 Å².